The molecule has 5 aromatic rings. The topological polar surface area (TPSA) is 87.3 Å². The van der Waals surface area contributed by atoms with Crippen molar-refractivity contribution in [1.82, 2.24) is 5.32 Å². The molecule has 0 aliphatic heterocycles. The van der Waals surface area contributed by atoms with Crippen molar-refractivity contribution in [3.05, 3.63) is 164 Å². The van der Waals surface area contributed by atoms with Crippen molar-refractivity contribution in [2.75, 3.05) is 10.6 Å². The van der Waals surface area contributed by atoms with Gasteiger partial charge in [0, 0.05) is 30.7 Å². The average Bonchev–Trinajstić information content (AvgIpc) is 3.06. The zero-order valence-corrected chi connectivity index (χ0v) is 28.3. The first-order chi connectivity index (χ1) is 22.7. The number of anilines is 2. The van der Waals surface area contributed by atoms with Gasteiger partial charge in [0.05, 0.1) is 5.69 Å². The van der Waals surface area contributed by atoms with E-state index in [2.05, 4.69) is 31.9 Å². The van der Waals surface area contributed by atoms with E-state index in [9.17, 15) is 18.8 Å². The van der Waals surface area contributed by atoms with Crippen LogP contribution >= 0.6 is 50.9 Å². The summed E-state index contributed by atoms with van der Waals surface area (Å²) >= 11 is 16.9. The summed E-state index contributed by atoms with van der Waals surface area (Å²) in [5.74, 6) is -2.09. The van der Waals surface area contributed by atoms with Gasteiger partial charge in [-0.2, -0.15) is 0 Å². The van der Waals surface area contributed by atoms with Crippen LogP contribution in [0.25, 0.3) is 6.08 Å². The van der Waals surface area contributed by atoms with Gasteiger partial charge in [0.25, 0.3) is 11.8 Å². The van der Waals surface area contributed by atoms with Gasteiger partial charge < -0.3 is 16.0 Å². The standard InChI is InChI=1S/C36H25BrCl2FN3O3S/c37-25-15-17-31(30(40)19-25)42-36(46)33(22-8-3-1-4-9-22)47-28-13-7-12-27(21-28)41-35(45)32(18-24-14-16-26(38)20-29(24)39)43-34(44)23-10-5-2-6-11-23/h1-21,33H,(H,41,45)(H,42,46)(H,43,44)/b32-18+. The second-order valence-corrected chi connectivity index (χ2v) is 13.0. The molecule has 0 bridgehead atoms. The van der Waals surface area contributed by atoms with Crippen molar-refractivity contribution in [1.29, 1.82) is 0 Å². The summed E-state index contributed by atoms with van der Waals surface area (Å²) < 4.78 is 15.1. The van der Waals surface area contributed by atoms with E-state index in [4.69, 9.17) is 23.2 Å². The van der Waals surface area contributed by atoms with Crippen LogP contribution in [0, 0.1) is 5.82 Å². The van der Waals surface area contributed by atoms with Gasteiger partial charge in [-0.3, -0.25) is 14.4 Å². The van der Waals surface area contributed by atoms with Crippen LogP contribution in [0.15, 0.2) is 136 Å². The van der Waals surface area contributed by atoms with Crippen molar-refractivity contribution in [2.45, 2.75) is 10.1 Å². The molecule has 0 fully saturated rings. The van der Waals surface area contributed by atoms with Gasteiger partial charge in [-0.25, -0.2) is 4.39 Å². The highest BCUT2D eigenvalue weighted by molar-refractivity contribution is 9.10. The first-order valence-corrected chi connectivity index (χ1v) is 16.5. The Kier molecular flexibility index (Phi) is 11.5. The van der Waals surface area contributed by atoms with Gasteiger partial charge >= 0.3 is 0 Å². The van der Waals surface area contributed by atoms with E-state index in [1.54, 1.807) is 72.8 Å². The van der Waals surface area contributed by atoms with Crippen LogP contribution in [-0.2, 0) is 9.59 Å². The smallest absolute Gasteiger partial charge is 0.272 e. The molecule has 1 unspecified atom stereocenters. The lowest BCUT2D eigenvalue weighted by atomic mass is 10.1. The molecule has 0 saturated carbocycles. The number of halogens is 4. The summed E-state index contributed by atoms with van der Waals surface area (Å²) in [6.45, 7) is 0. The third-order valence-electron chi connectivity index (χ3n) is 6.67. The number of benzene rings is 5. The Bertz CT molecular complexity index is 1960. The lowest BCUT2D eigenvalue weighted by Crippen LogP contribution is -2.30. The third-order valence-corrected chi connectivity index (χ3v) is 8.97. The van der Waals surface area contributed by atoms with Crippen molar-refractivity contribution < 1.29 is 18.8 Å². The summed E-state index contributed by atoms with van der Waals surface area (Å²) in [5.41, 5.74) is 1.94. The Morgan fingerprint density at radius 3 is 2.21 bits per heavy atom. The Balaban J connectivity index is 1.39. The monoisotopic (exact) mass is 747 g/mol. The molecule has 3 N–H and O–H groups in total. The molecule has 0 aliphatic rings. The zero-order chi connectivity index (χ0) is 33.3. The van der Waals surface area contributed by atoms with Crippen LogP contribution in [0.2, 0.25) is 10.0 Å². The normalized spacial score (nSPS) is 11.8. The lowest BCUT2D eigenvalue weighted by molar-refractivity contribution is -0.116. The second kappa shape index (κ2) is 15.9. The molecule has 1 atom stereocenters. The number of carbonyl (C=O) groups excluding carboxylic acids is 3. The SMILES string of the molecule is O=C(Nc1cccc(SC(C(=O)Nc2ccc(Br)cc2F)c2ccccc2)c1)/C(=C\c1ccc(Cl)cc1Cl)NC(=O)c1ccccc1. The molecule has 236 valence electrons. The maximum atomic E-state index is 14.6. The lowest BCUT2D eigenvalue weighted by Gasteiger charge is -2.18. The highest BCUT2D eigenvalue weighted by atomic mass is 79.9. The Labute approximate surface area is 293 Å². The Morgan fingerprint density at radius 1 is 0.787 bits per heavy atom. The van der Waals surface area contributed by atoms with Crippen LogP contribution in [0.3, 0.4) is 0 Å². The molecule has 0 aromatic heterocycles. The molecule has 0 spiro atoms. The maximum absolute atomic E-state index is 14.6. The fourth-order valence-electron chi connectivity index (χ4n) is 4.39. The molecule has 5 rings (SSSR count). The molecule has 6 nitrogen and oxygen atoms in total. The fourth-order valence-corrected chi connectivity index (χ4v) is 6.27. The highest BCUT2D eigenvalue weighted by Gasteiger charge is 2.24. The van der Waals surface area contributed by atoms with E-state index in [0.717, 1.165) is 0 Å². The molecule has 0 aliphatic carbocycles. The van der Waals surface area contributed by atoms with E-state index in [1.807, 2.05) is 30.3 Å². The van der Waals surface area contributed by atoms with E-state index in [0.29, 0.717) is 41.8 Å². The molecular formula is C36H25BrCl2FN3O3S. The van der Waals surface area contributed by atoms with Crippen LogP contribution in [-0.4, -0.2) is 17.7 Å². The number of rotatable bonds is 10. The quantitative estimate of drug-likeness (QED) is 0.0981. The number of carbonyl (C=O) groups is 3. The third kappa shape index (κ3) is 9.33. The van der Waals surface area contributed by atoms with Crippen LogP contribution in [0.5, 0.6) is 0 Å². The second-order valence-electron chi connectivity index (χ2n) is 10.0. The molecule has 0 heterocycles. The minimum Gasteiger partial charge on any atom is -0.322 e. The molecule has 47 heavy (non-hydrogen) atoms. The van der Waals surface area contributed by atoms with E-state index < -0.39 is 28.8 Å². The minimum absolute atomic E-state index is 0.0541. The maximum Gasteiger partial charge on any atom is 0.272 e. The Hall–Kier alpha value is -4.41. The summed E-state index contributed by atoms with van der Waals surface area (Å²) in [6.07, 6.45) is 1.46. The highest BCUT2D eigenvalue weighted by Crippen LogP contribution is 2.37. The van der Waals surface area contributed by atoms with E-state index >= 15 is 0 Å². The van der Waals surface area contributed by atoms with Gasteiger partial charge in [-0.15, -0.1) is 11.8 Å². The number of nitrogens with one attached hydrogen (secondary N) is 3. The van der Waals surface area contributed by atoms with Crippen molar-refractivity contribution in [3.8, 4) is 0 Å². The number of amides is 3. The predicted octanol–water partition coefficient (Wildman–Crippen LogP) is 9.78. The number of hydrogen-bond donors (Lipinski definition) is 3. The minimum atomic E-state index is -0.752. The largest absolute Gasteiger partial charge is 0.322 e. The van der Waals surface area contributed by atoms with Crippen LogP contribution in [0.1, 0.15) is 26.7 Å². The van der Waals surface area contributed by atoms with E-state index in [1.165, 1.54) is 36.0 Å². The van der Waals surface area contributed by atoms with Crippen molar-refractivity contribution >= 4 is 86.1 Å². The molecular weight excluding hydrogens is 724 g/mol. The average molecular weight is 749 g/mol. The van der Waals surface area contributed by atoms with Gasteiger partial charge in [-0.05, 0) is 77.9 Å². The van der Waals surface area contributed by atoms with Crippen molar-refractivity contribution in [2.24, 2.45) is 0 Å². The summed E-state index contributed by atoms with van der Waals surface area (Å²) in [5, 5.41) is 8.16. The first kappa shape index (κ1) is 33.9. The zero-order valence-electron chi connectivity index (χ0n) is 24.3. The summed E-state index contributed by atoms with van der Waals surface area (Å²) in [7, 11) is 0. The first-order valence-electron chi connectivity index (χ1n) is 14.1. The van der Waals surface area contributed by atoms with E-state index in [-0.39, 0.29) is 11.4 Å². The summed E-state index contributed by atoms with van der Waals surface area (Å²) in [6, 6.07) is 33.7. The Morgan fingerprint density at radius 2 is 1.51 bits per heavy atom. The molecule has 0 radical (unpaired) electrons. The van der Waals surface area contributed by atoms with Gasteiger partial charge in [0.15, 0.2) is 0 Å². The van der Waals surface area contributed by atoms with Gasteiger partial charge in [-0.1, -0.05) is 99.8 Å². The molecule has 11 heteroatoms. The predicted molar refractivity (Wildman–Crippen MR) is 191 cm³/mol. The van der Waals surface area contributed by atoms with Gasteiger partial charge in [0.2, 0.25) is 5.91 Å². The van der Waals surface area contributed by atoms with Crippen LogP contribution < -0.4 is 16.0 Å². The van der Waals surface area contributed by atoms with Gasteiger partial charge in [0.1, 0.15) is 16.8 Å². The summed E-state index contributed by atoms with van der Waals surface area (Å²) in [4.78, 5) is 40.8. The van der Waals surface area contributed by atoms with Crippen LogP contribution in [0.4, 0.5) is 15.8 Å². The number of hydrogen-bond acceptors (Lipinski definition) is 4. The molecule has 3 amide bonds. The number of thioether (sulfide) groups is 1. The molecule has 0 saturated heterocycles. The van der Waals surface area contributed by atoms with Crippen molar-refractivity contribution in [3.63, 3.8) is 0 Å². The molecule has 5 aromatic carbocycles. The fraction of sp³-hybridized carbons (Fsp3) is 0.0278.